The molecule has 0 bridgehead atoms. The summed E-state index contributed by atoms with van der Waals surface area (Å²) >= 11 is 2.22. The topological polar surface area (TPSA) is 63.7 Å². The molecule has 0 aliphatic rings. The van der Waals surface area contributed by atoms with Crippen LogP contribution in [0.1, 0.15) is 36.2 Å². The lowest BCUT2D eigenvalue weighted by Gasteiger charge is -2.16. The summed E-state index contributed by atoms with van der Waals surface area (Å²) in [5.41, 5.74) is 1.57. The lowest BCUT2D eigenvalue weighted by molar-refractivity contribution is 0.0526. The molecule has 22 heavy (non-hydrogen) atoms. The van der Waals surface area contributed by atoms with E-state index in [9.17, 15) is 13.2 Å². The van der Waals surface area contributed by atoms with E-state index in [2.05, 4.69) is 22.6 Å². The Morgan fingerprint density at radius 3 is 2.59 bits per heavy atom. The van der Waals surface area contributed by atoms with Gasteiger partial charge in [-0.2, -0.15) is 0 Å². The van der Waals surface area contributed by atoms with Gasteiger partial charge in [0.2, 0.25) is 10.0 Å². The monoisotopic (exact) mass is 439 g/mol. The van der Waals surface area contributed by atoms with E-state index in [0.717, 1.165) is 15.6 Å². The molecule has 0 heterocycles. The minimum Gasteiger partial charge on any atom is -0.462 e. The number of benzene rings is 1. The molecule has 0 N–H and O–H groups in total. The summed E-state index contributed by atoms with van der Waals surface area (Å²) in [5, 5.41) is 0. The highest BCUT2D eigenvalue weighted by Crippen LogP contribution is 2.17. The van der Waals surface area contributed by atoms with Crippen molar-refractivity contribution in [1.29, 1.82) is 0 Å². The summed E-state index contributed by atoms with van der Waals surface area (Å²) in [6.45, 7) is 4.23. The zero-order valence-corrected chi connectivity index (χ0v) is 16.1. The number of esters is 1. The highest BCUT2D eigenvalue weighted by molar-refractivity contribution is 14.1. The Bertz CT molecular complexity index is 616. The van der Waals surface area contributed by atoms with Crippen LogP contribution in [0.15, 0.2) is 18.2 Å². The third kappa shape index (κ3) is 5.51. The molecule has 1 aromatic rings. The first kappa shape index (κ1) is 19.4. The maximum atomic E-state index is 11.7. The van der Waals surface area contributed by atoms with Gasteiger partial charge in [-0.15, -0.1) is 0 Å². The van der Waals surface area contributed by atoms with Gasteiger partial charge in [0.1, 0.15) is 0 Å². The fourth-order valence-corrected chi connectivity index (χ4v) is 3.41. The van der Waals surface area contributed by atoms with Crippen LogP contribution in [0, 0.1) is 3.57 Å². The van der Waals surface area contributed by atoms with Crippen LogP contribution in [0.3, 0.4) is 0 Å². The van der Waals surface area contributed by atoms with Crippen molar-refractivity contribution in [2.24, 2.45) is 0 Å². The van der Waals surface area contributed by atoms with Crippen LogP contribution in [0.2, 0.25) is 0 Å². The van der Waals surface area contributed by atoms with Crippen LogP contribution in [-0.4, -0.2) is 44.6 Å². The fraction of sp³-hybridized carbons (Fsp3) is 0.533. The number of halogens is 1. The molecule has 0 spiro atoms. The highest BCUT2D eigenvalue weighted by atomic mass is 127. The molecule has 124 valence electrons. The maximum absolute atomic E-state index is 11.7. The van der Waals surface area contributed by atoms with Crippen LogP contribution in [0.5, 0.6) is 0 Å². The van der Waals surface area contributed by atoms with Crippen molar-refractivity contribution in [3.05, 3.63) is 32.9 Å². The second kappa shape index (κ2) is 8.83. The second-order valence-corrected chi connectivity index (χ2v) is 8.38. The number of aryl methyl sites for hydroxylation is 1. The van der Waals surface area contributed by atoms with Crippen molar-refractivity contribution in [3.63, 3.8) is 0 Å². The molecule has 0 fully saturated rings. The van der Waals surface area contributed by atoms with Gasteiger partial charge in [0.15, 0.2) is 0 Å². The van der Waals surface area contributed by atoms with Crippen molar-refractivity contribution < 1.29 is 17.9 Å². The Morgan fingerprint density at radius 2 is 2.00 bits per heavy atom. The SMILES string of the molecule is CCOC(=O)c1ccc(I)c(CCCN(C)S(=O)(=O)CC)c1. The van der Waals surface area contributed by atoms with Crippen LogP contribution < -0.4 is 0 Å². The molecule has 7 heteroatoms. The largest absolute Gasteiger partial charge is 0.462 e. The Labute approximate surface area is 146 Å². The average molecular weight is 439 g/mol. The van der Waals surface area contributed by atoms with Gasteiger partial charge in [-0.05, 0) is 73.0 Å². The van der Waals surface area contributed by atoms with E-state index in [-0.39, 0.29) is 11.7 Å². The van der Waals surface area contributed by atoms with Crippen molar-refractivity contribution in [2.75, 3.05) is 26.0 Å². The molecule has 0 aliphatic carbocycles. The zero-order chi connectivity index (χ0) is 16.8. The van der Waals surface area contributed by atoms with Gasteiger partial charge in [-0.3, -0.25) is 0 Å². The quantitative estimate of drug-likeness (QED) is 0.462. The Balaban J connectivity index is 2.70. The van der Waals surface area contributed by atoms with Gasteiger partial charge < -0.3 is 4.74 Å². The number of carbonyl (C=O) groups is 1. The molecule has 0 unspecified atom stereocenters. The van der Waals surface area contributed by atoms with Gasteiger partial charge in [0.05, 0.1) is 17.9 Å². The molecular weight excluding hydrogens is 417 g/mol. The molecule has 0 aliphatic heterocycles. The predicted octanol–water partition coefficient (Wildman–Crippen LogP) is 2.68. The Kier molecular flexibility index (Phi) is 7.78. The number of ether oxygens (including phenoxy) is 1. The van der Waals surface area contributed by atoms with Gasteiger partial charge in [0, 0.05) is 17.2 Å². The number of sulfonamides is 1. The normalized spacial score (nSPS) is 11.7. The molecule has 1 rings (SSSR count). The van der Waals surface area contributed by atoms with Gasteiger partial charge in [-0.25, -0.2) is 17.5 Å². The van der Waals surface area contributed by atoms with Gasteiger partial charge >= 0.3 is 5.97 Å². The lowest BCUT2D eigenvalue weighted by Crippen LogP contribution is -2.29. The van der Waals surface area contributed by atoms with E-state index in [1.807, 2.05) is 12.1 Å². The van der Waals surface area contributed by atoms with Crippen molar-refractivity contribution in [2.45, 2.75) is 26.7 Å². The van der Waals surface area contributed by atoms with Crippen LogP contribution in [-0.2, 0) is 21.2 Å². The third-order valence-electron chi connectivity index (χ3n) is 3.32. The molecule has 0 aromatic heterocycles. The molecule has 5 nitrogen and oxygen atoms in total. The summed E-state index contributed by atoms with van der Waals surface area (Å²) in [6.07, 6.45) is 1.42. The molecule has 0 radical (unpaired) electrons. The number of hydrogen-bond acceptors (Lipinski definition) is 4. The van der Waals surface area contributed by atoms with Crippen LogP contribution in [0.25, 0.3) is 0 Å². The first-order valence-electron chi connectivity index (χ1n) is 7.21. The second-order valence-electron chi connectivity index (χ2n) is 4.85. The van der Waals surface area contributed by atoms with E-state index in [0.29, 0.717) is 25.1 Å². The van der Waals surface area contributed by atoms with E-state index >= 15 is 0 Å². The van der Waals surface area contributed by atoms with E-state index in [1.165, 1.54) is 4.31 Å². The molecule has 0 saturated heterocycles. The summed E-state index contributed by atoms with van der Waals surface area (Å²) in [4.78, 5) is 11.7. The first-order chi connectivity index (χ1) is 10.3. The first-order valence-corrected chi connectivity index (χ1v) is 9.90. The van der Waals surface area contributed by atoms with Gasteiger partial charge in [-0.1, -0.05) is 0 Å². The third-order valence-corrected chi connectivity index (χ3v) is 6.23. The number of carbonyl (C=O) groups excluding carboxylic acids is 1. The average Bonchev–Trinajstić information content (AvgIpc) is 2.49. The minimum absolute atomic E-state index is 0.110. The molecule has 0 saturated carbocycles. The summed E-state index contributed by atoms with van der Waals surface area (Å²) in [5.74, 6) is -0.217. The van der Waals surface area contributed by atoms with Crippen LogP contribution in [0.4, 0.5) is 0 Å². The highest BCUT2D eigenvalue weighted by Gasteiger charge is 2.15. The van der Waals surface area contributed by atoms with Crippen molar-refractivity contribution in [3.8, 4) is 0 Å². The molecular formula is C15H22INO4S. The standard InChI is InChI=1S/C15H22INO4S/c1-4-21-15(18)13-8-9-14(16)12(11-13)7-6-10-17(3)22(19,20)5-2/h8-9,11H,4-7,10H2,1-3H3. The molecule has 1 aromatic carbocycles. The minimum atomic E-state index is -3.13. The molecule has 0 atom stereocenters. The predicted molar refractivity (Wildman–Crippen MR) is 95.5 cm³/mol. The van der Waals surface area contributed by atoms with Gasteiger partial charge in [0.25, 0.3) is 0 Å². The Hall–Kier alpha value is -0.670. The fourth-order valence-electron chi connectivity index (χ4n) is 1.96. The van der Waals surface area contributed by atoms with E-state index in [4.69, 9.17) is 4.74 Å². The summed E-state index contributed by atoms with van der Waals surface area (Å²) in [7, 11) is -1.54. The van der Waals surface area contributed by atoms with Crippen molar-refractivity contribution in [1.82, 2.24) is 4.31 Å². The maximum Gasteiger partial charge on any atom is 0.338 e. The lowest BCUT2D eigenvalue weighted by atomic mass is 10.1. The zero-order valence-electron chi connectivity index (χ0n) is 13.1. The molecule has 0 amide bonds. The van der Waals surface area contributed by atoms with E-state index in [1.54, 1.807) is 27.0 Å². The van der Waals surface area contributed by atoms with E-state index < -0.39 is 10.0 Å². The van der Waals surface area contributed by atoms with Crippen molar-refractivity contribution >= 4 is 38.6 Å². The number of rotatable bonds is 8. The number of nitrogens with zero attached hydrogens (tertiary/aromatic N) is 1. The smallest absolute Gasteiger partial charge is 0.338 e. The number of hydrogen-bond donors (Lipinski definition) is 0. The summed E-state index contributed by atoms with van der Waals surface area (Å²) < 4.78 is 30.8. The summed E-state index contributed by atoms with van der Waals surface area (Å²) in [6, 6.07) is 5.46. The Morgan fingerprint density at radius 1 is 1.32 bits per heavy atom. The van der Waals surface area contributed by atoms with Crippen LogP contribution >= 0.6 is 22.6 Å².